The number of thioether (sulfide) groups is 1. The number of aliphatic imine (C=N–C) groups is 1. The Morgan fingerprint density at radius 1 is 1.42 bits per heavy atom. The maximum atomic E-state index is 11.0. The second-order valence-corrected chi connectivity index (χ2v) is 6.21. The lowest BCUT2D eigenvalue weighted by atomic mass is 10.2. The Morgan fingerprint density at radius 2 is 2.26 bits per heavy atom. The number of carboxylic acid groups (broad SMARTS) is 1. The van der Waals surface area contributed by atoms with E-state index in [1.54, 1.807) is 18.2 Å². The van der Waals surface area contributed by atoms with E-state index in [-0.39, 0.29) is 5.75 Å². The van der Waals surface area contributed by atoms with Crippen molar-refractivity contribution in [2.24, 2.45) is 4.99 Å². The molecule has 1 aliphatic rings. The number of rotatable bonds is 2. The Labute approximate surface area is 117 Å². The van der Waals surface area contributed by atoms with E-state index >= 15 is 0 Å². The molecule has 1 aromatic carbocycles. The standard InChI is InChI=1S/C12H10N2O3S2/c15-6-1-2-7-9(5-6)19-11(13-7)10-14-8(12(16)17)3-4-18-10/h1-2,5,8,15H,3-4H2,(H,16,17). The quantitative estimate of drug-likeness (QED) is 0.888. The van der Waals surface area contributed by atoms with Crippen molar-refractivity contribution in [2.45, 2.75) is 12.5 Å². The second kappa shape index (κ2) is 4.82. The summed E-state index contributed by atoms with van der Waals surface area (Å²) in [5.74, 6) is 0.0395. The number of carbonyl (C=O) groups is 1. The summed E-state index contributed by atoms with van der Waals surface area (Å²) in [4.78, 5) is 19.7. The highest BCUT2D eigenvalue weighted by Crippen LogP contribution is 2.30. The molecule has 5 nitrogen and oxygen atoms in total. The molecule has 19 heavy (non-hydrogen) atoms. The SMILES string of the molecule is O=C(O)C1CCSC(c2nc3ccc(O)cc3s2)=N1. The minimum atomic E-state index is -0.892. The molecule has 7 heteroatoms. The van der Waals surface area contributed by atoms with Crippen molar-refractivity contribution in [1.29, 1.82) is 0 Å². The van der Waals surface area contributed by atoms with Crippen molar-refractivity contribution in [3.05, 3.63) is 23.2 Å². The third kappa shape index (κ3) is 2.43. The van der Waals surface area contributed by atoms with Crippen LogP contribution in [0.5, 0.6) is 5.75 Å². The second-order valence-electron chi connectivity index (χ2n) is 4.10. The van der Waals surface area contributed by atoms with Gasteiger partial charge in [0, 0.05) is 5.75 Å². The molecule has 0 aliphatic carbocycles. The summed E-state index contributed by atoms with van der Waals surface area (Å²) < 4.78 is 0.871. The highest BCUT2D eigenvalue weighted by atomic mass is 32.2. The van der Waals surface area contributed by atoms with Crippen molar-refractivity contribution >= 4 is 44.3 Å². The van der Waals surface area contributed by atoms with E-state index in [1.807, 2.05) is 0 Å². The first kappa shape index (κ1) is 12.4. The van der Waals surface area contributed by atoms with Gasteiger partial charge < -0.3 is 10.2 Å². The molecule has 1 aromatic heterocycles. The van der Waals surface area contributed by atoms with E-state index in [4.69, 9.17) is 5.11 Å². The Bertz CT molecular complexity index is 681. The number of phenolic OH excluding ortho intramolecular Hbond substituents is 1. The van der Waals surface area contributed by atoms with E-state index in [0.717, 1.165) is 21.0 Å². The van der Waals surface area contributed by atoms with Gasteiger partial charge in [-0.3, -0.25) is 4.99 Å². The van der Waals surface area contributed by atoms with Gasteiger partial charge in [-0.15, -0.1) is 23.1 Å². The summed E-state index contributed by atoms with van der Waals surface area (Å²) in [5, 5.41) is 19.8. The summed E-state index contributed by atoms with van der Waals surface area (Å²) in [6.07, 6.45) is 0.551. The van der Waals surface area contributed by atoms with E-state index < -0.39 is 12.0 Å². The minimum Gasteiger partial charge on any atom is -0.508 e. The van der Waals surface area contributed by atoms with Crippen LogP contribution >= 0.6 is 23.1 Å². The number of phenols is 1. The van der Waals surface area contributed by atoms with E-state index in [1.165, 1.54) is 23.1 Å². The number of hydrogen-bond acceptors (Lipinski definition) is 6. The van der Waals surface area contributed by atoms with Crippen LogP contribution < -0.4 is 0 Å². The van der Waals surface area contributed by atoms with Crippen LogP contribution in [0.4, 0.5) is 0 Å². The Kier molecular flexibility index (Phi) is 3.16. The summed E-state index contributed by atoms with van der Waals surface area (Å²) in [6.45, 7) is 0. The van der Waals surface area contributed by atoms with Crippen LogP contribution in [0.3, 0.4) is 0 Å². The van der Waals surface area contributed by atoms with E-state index in [2.05, 4.69) is 9.98 Å². The van der Waals surface area contributed by atoms with Crippen LogP contribution in [0.1, 0.15) is 11.4 Å². The van der Waals surface area contributed by atoms with Crippen molar-refractivity contribution in [3.63, 3.8) is 0 Å². The normalized spacial score (nSPS) is 19.4. The fourth-order valence-electron chi connectivity index (χ4n) is 1.81. The van der Waals surface area contributed by atoms with Crippen molar-refractivity contribution in [2.75, 3.05) is 5.75 Å². The Balaban J connectivity index is 2.01. The van der Waals surface area contributed by atoms with Gasteiger partial charge in [0.1, 0.15) is 21.8 Å². The molecule has 0 fully saturated rings. The molecular formula is C12H10N2O3S2. The van der Waals surface area contributed by atoms with Gasteiger partial charge in [0.2, 0.25) is 0 Å². The zero-order valence-electron chi connectivity index (χ0n) is 9.74. The van der Waals surface area contributed by atoms with Crippen LogP contribution in [0.25, 0.3) is 10.2 Å². The molecular weight excluding hydrogens is 284 g/mol. The molecule has 3 rings (SSSR count). The lowest BCUT2D eigenvalue weighted by molar-refractivity contribution is -0.138. The van der Waals surface area contributed by atoms with Gasteiger partial charge in [-0.1, -0.05) is 0 Å². The minimum absolute atomic E-state index is 0.198. The number of nitrogens with zero attached hydrogens (tertiary/aromatic N) is 2. The highest BCUT2D eigenvalue weighted by Gasteiger charge is 2.24. The number of carboxylic acids is 1. The molecule has 98 valence electrons. The lowest BCUT2D eigenvalue weighted by Gasteiger charge is -2.14. The monoisotopic (exact) mass is 294 g/mol. The summed E-state index contributed by atoms with van der Waals surface area (Å²) in [5.41, 5.74) is 0.790. The molecule has 1 aliphatic heterocycles. The average Bonchev–Trinajstić information content (AvgIpc) is 2.81. The molecule has 2 N–H and O–H groups in total. The predicted molar refractivity (Wildman–Crippen MR) is 76.3 cm³/mol. The molecule has 0 radical (unpaired) electrons. The summed E-state index contributed by atoms with van der Waals surface area (Å²) >= 11 is 2.95. The van der Waals surface area contributed by atoms with Crippen molar-refractivity contribution < 1.29 is 15.0 Å². The molecule has 1 unspecified atom stereocenters. The molecule has 0 saturated carbocycles. The fourth-order valence-corrected chi connectivity index (χ4v) is 3.91. The number of benzene rings is 1. The number of hydrogen-bond donors (Lipinski definition) is 2. The molecule has 0 bridgehead atoms. The topological polar surface area (TPSA) is 82.8 Å². The van der Waals surface area contributed by atoms with Gasteiger partial charge in [0.15, 0.2) is 0 Å². The zero-order valence-corrected chi connectivity index (χ0v) is 11.4. The van der Waals surface area contributed by atoms with Gasteiger partial charge in [-0.05, 0) is 24.6 Å². The number of thiazole rings is 1. The molecule has 0 amide bonds. The number of fused-ring (bicyclic) bond motifs is 1. The lowest BCUT2D eigenvalue weighted by Crippen LogP contribution is -2.23. The smallest absolute Gasteiger partial charge is 0.328 e. The van der Waals surface area contributed by atoms with Gasteiger partial charge >= 0.3 is 5.97 Å². The molecule has 1 atom stereocenters. The van der Waals surface area contributed by atoms with E-state index in [9.17, 15) is 9.90 Å². The third-order valence-electron chi connectivity index (χ3n) is 2.74. The van der Waals surface area contributed by atoms with Gasteiger partial charge in [-0.2, -0.15) is 0 Å². The Morgan fingerprint density at radius 3 is 3.05 bits per heavy atom. The third-order valence-corrected chi connectivity index (χ3v) is 4.91. The number of aliphatic carboxylic acids is 1. The van der Waals surface area contributed by atoms with Crippen LogP contribution in [0, 0.1) is 0 Å². The first-order chi connectivity index (χ1) is 9.13. The van der Waals surface area contributed by atoms with Crippen LogP contribution in [-0.4, -0.2) is 38.0 Å². The van der Waals surface area contributed by atoms with Crippen LogP contribution in [0.15, 0.2) is 23.2 Å². The first-order valence-electron chi connectivity index (χ1n) is 5.67. The van der Waals surface area contributed by atoms with Gasteiger partial charge in [0.25, 0.3) is 0 Å². The van der Waals surface area contributed by atoms with Crippen LogP contribution in [0.2, 0.25) is 0 Å². The molecule has 0 spiro atoms. The van der Waals surface area contributed by atoms with Crippen molar-refractivity contribution in [3.8, 4) is 5.75 Å². The Hall–Kier alpha value is -1.60. The average molecular weight is 294 g/mol. The maximum absolute atomic E-state index is 11.0. The number of aromatic nitrogens is 1. The van der Waals surface area contributed by atoms with Crippen molar-refractivity contribution in [1.82, 2.24) is 4.98 Å². The fraction of sp³-hybridized carbons (Fsp3) is 0.250. The first-order valence-corrected chi connectivity index (χ1v) is 7.47. The van der Waals surface area contributed by atoms with Gasteiger partial charge in [0.05, 0.1) is 10.2 Å². The molecule has 2 aromatic rings. The maximum Gasteiger partial charge on any atom is 0.328 e. The zero-order chi connectivity index (χ0) is 13.4. The van der Waals surface area contributed by atoms with E-state index in [0.29, 0.717) is 11.5 Å². The molecule has 0 saturated heterocycles. The number of aromatic hydroxyl groups is 1. The summed E-state index contributed by atoms with van der Waals surface area (Å²) in [7, 11) is 0. The van der Waals surface area contributed by atoms with Crippen LogP contribution in [-0.2, 0) is 4.79 Å². The predicted octanol–water partition coefficient (Wildman–Crippen LogP) is 2.34. The largest absolute Gasteiger partial charge is 0.508 e. The van der Waals surface area contributed by atoms with Gasteiger partial charge in [-0.25, -0.2) is 9.78 Å². The molecule has 2 heterocycles. The summed E-state index contributed by atoms with van der Waals surface area (Å²) in [6, 6.07) is 4.31. The highest BCUT2D eigenvalue weighted by molar-refractivity contribution is 8.14.